The van der Waals surface area contributed by atoms with Crippen molar-refractivity contribution in [3.05, 3.63) is 0 Å². The number of hydrogen-bond donors (Lipinski definition) is 2. The summed E-state index contributed by atoms with van der Waals surface area (Å²) in [6, 6.07) is 0. The molecule has 0 aromatic rings. The van der Waals surface area contributed by atoms with Gasteiger partial charge in [0.05, 0.1) is 12.7 Å². The monoisotopic (exact) mass is 296 g/mol. The third-order valence-electron chi connectivity index (χ3n) is 4.92. The molecule has 1 saturated carbocycles. The van der Waals surface area contributed by atoms with E-state index in [9.17, 15) is 10.2 Å². The first-order valence-corrected chi connectivity index (χ1v) is 11.3. The van der Waals surface area contributed by atoms with Crippen molar-refractivity contribution in [3.63, 3.8) is 0 Å². The van der Waals surface area contributed by atoms with E-state index in [1.54, 1.807) is 0 Å². The fourth-order valence-electron chi connectivity index (χ4n) is 3.62. The van der Waals surface area contributed by atoms with E-state index >= 15 is 0 Å². The Morgan fingerprint density at radius 3 is 2.30 bits per heavy atom. The van der Waals surface area contributed by atoms with E-state index in [-0.39, 0.29) is 17.4 Å². The van der Waals surface area contributed by atoms with Crippen molar-refractivity contribution < 1.29 is 10.2 Å². The highest BCUT2D eigenvalue weighted by Crippen LogP contribution is 2.52. The fourth-order valence-corrected chi connectivity index (χ4v) is 4.27. The zero-order chi connectivity index (χ0) is 15.6. The molecule has 3 heteroatoms. The minimum absolute atomic E-state index is 0.0592. The van der Waals surface area contributed by atoms with Gasteiger partial charge in [-0.15, -0.1) is 11.5 Å². The Balaban J connectivity index is 2.83. The van der Waals surface area contributed by atoms with Gasteiger partial charge < -0.3 is 10.2 Å². The Kier molecular flexibility index (Phi) is 5.51. The molecule has 0 saturated heterocycles. The summed E-state index contributed by atoms with van der Waals surface area (Å²) in [5, 5.41) is 20.1. The molecular weight excluding hydrogens is 264 g/mol. The van der Waals surface area contributed by atoms with Crippen molar-refractivity contribution in [3.8, 4) is 11.5 Å². The van der Waals surface area contributed by atoms with Gasteiger partial charge in [0.2, 0.25) is 0 Å². The summed E-state index contributed by atoms with van der Waals surface area (Å²) in [6.07, 6.45) is 3.27. The van der Waals surface area contributed by atoms with Gasteiger partial charge in [0.15, 0.2) is 0 Å². The van der Waals surface area contributed by atoms with Crippen LogP contribution in [0, 0.1) is 28.2 Å². The Bertz CT molecular complexity index is 386. The number of aliphatic hydroxyl groups is 2. The van der Waals surface area contributed by atoms with Crippen LogP contribution in [-0.2, 0) is 0 Å². The lowest BCUT2D eigenvalue weighted by Gasteiger charge is -2.52. The van der Waals surface area contributed by atoms with E-state index in [0.29, 0.717) is 5.92 Å². The minimum Gasteiger partial charge on any atom is -0.396 e. The molecule has 2 nitrogen and oxygen atoms in total. The summed E-state index contributed by atoms with van der Waals surface area (Å²) in [5.41, 5.74) is 3.19. The molecule has 0 heterocycles. The van der Waals surface area contributed by atoms with E-state index in [4.69, 9.17) is 0 Å². The van der Waals surface area contributed by atoms with Crippen LogP contribution in [-0.4, -0.2) is 31.0 Å². The number of hydrogen-bond acceptors (Lipinski definition) is 2. The molecular formula is C17H32O2Si. The normalized spacial score (nSPS) is 33.4. The van der Waals surface area contributed by atoms with Gasteiger partial charge in [0, 0.05) is 11.8 Å². The molecule has 3 atom stereocenters. The maximum absolute atomic E-state index is 10.3. The first-order valence-electron chi connectivity index (χ1n) is 7.82. The zero-order valence-corrected chi connectivity index (χ0v) is 15.1. The molecule has 116 valence electrons. The number of aliphatic hydroxyl groups excluding tert-OH is 2. The van der Waals surface area contributed by atoms with Crippen molar-refractivity contribution in [1.82, 2.24) is 0 Å². The Hall–Kier alpha value is -0.303. The van der Waals surface area contributed by atoms with Crippen molar-refractivity contribution in [2.45, 2.75) is 72.2 Å². The minimum atomic E-state index is -1.30. The van der Waals surface area contributed by atoms with Gasteiger partial charge in [-0.3, -0.25) is 0 Å². The van der Waals surface area contributed by atoms with E-state index in [1.807, 2.05) is 6.92 Å². The lowest BCUT2D eigenvalue weighted by atomic mass is 9.54. The Morgan fingerprint density at radius 1 is 1.20 bits per heavy atom. The third-order valence-corrected chi connectivity index (χ3v) is 5.85. The topological polar surface area (TPSA) is 40.5 Å². The first-order chi connectivity index (χ1) is 9.03. The predicted molar refractivity (Wildman–Crippen MR) is 88.1 cm³/mol. The third kappa shape index (κ3) is 4.10. The first kappa shape index (κ1) is 17.7. The molecule has 20 heavy (non-hydrogen) atoms. The molecule has 2 N–H and O–H groups in total. The maximum Gasteiger partial charge on any atom is 0.129 e. The molecule has 1 aliphatic carbocycles. The SMILES string of the molecule is CC1(C)CC[C@@H](O)[C@@](C)(CO)[C@H]1CCC#C[Si](C)(C)C. The Morgan fingerprint density at radius 2 is 1.80 bits per heavy atom. The predicted octanol–water partition coefficient (Wildman–Crippen LogP) is 3.44. The highest BCUT2D eigenvalue weighted by atomic mass is 28.3. The van der Waals surface area contributed by atoms with Crippen LogP contribution in [0.15, 0.2) is 0 Å². The van der Waals surface area contributed by atoms with E-state index < -0.39 is 14.2 Å². The van der Waals surface area contributed by atoms with Crippen molar-refractivity contribution in [1.29, 1.82) is 0 Å². The van der Waals surface area contributed by atoms with Gasteiger partial charge in [-0.05, 0) is 30.6 Å². The van der Waals surface area contributed by atoms with Gasteiger partial charge >= 0.3 is 0 Å². The van der Waals surface area contributed by atoms with E-state index in [1.165, 1.54) is 0 Å². The van der Waals surface area contributed by atoms with Gasteiger partial charge in [-0.25, -0.2) is 0 Å². The summed E-state index contributed by atoms with van der Waals surface area (Å²) in [7, 11) is -1.30. The van der Waals surface area contributed by atoms with Gasteiger partial charge in [0.25, 0.3) is 0 Å². The Labute approximate surface area is 126 Å². The molecule has 0 bridgehead atoms. The number of rotatable bonds is 3. The lowest BCUT2D eigenvalue weighted by molar-refractivity contribution is -0.124. The second-order valence-electron chi connectivity index (χ2n) is 8.35. The smallest absolute Gasteiger partial charge is 0.129 e. The zero-order valence-electron chi connectivity index (χ0n) is 14.1. The molecule has 0 aromatic carbocycles. The molecule has 0 radical (unpaired) electrons. The van der Waals surface area contributed by atoms with Crippen LogP contribution < -0.4 is 0 Å². The molecule has 0 unspecified atom stereocenters. The largest absolute Gasteiger partial charge is 0.396 e. The second-order valence-corrected chi connectivity index (χ2v) is 13.1. The van der Waals surface area contributed by atoms with Crippen molar-refractivity contribution in [2.24, 2.45) is 16.7 Å². The van der Waals surface area contributed by atoms with E-state index in [2.05, 4.69) is 45.0 Å². The summed E-state index contributed by atoms with van der Waals surface area (Å²) < 4.78 is 0. The average Bonchev–Trinajstić information content (AvgIpc) is 2.32. The second kappa shape index (κ2) is 6.21. The van der Waals surface area contributed by atoms with Crippen molar-refractivity contribution >= 4 is 8.07 Å². The van der Waals surface area contributed by atoms with Crippen LogP contribution in [0.25, 0.3) is 0 Å². The summed E-state index contributed by atoms with van der Waals surface area (Å²) >= 11 is 0. The van der Waals surface area contributed by atoms with Crippen molar-refractivity contribution in [2.75, 3.05) is 6.61 Å². The van der Waals surface area contributed by atoms with Gasteiger partial charge in [-0.2, -0.15) is 0 Å². The highest BCUT2D eigenvalue weighted by molar-refractivity contribution is 6.83. The molecule has 1 fully saturated rings. The van der Waals surface area contributed by atoms with Crippen LogP contribution >= 0.6 is 0 Å². The summed E-state index contributed by atoms with van der Waals surface area (Å²) in [4.78, 5) is 0. The average molecular weight is 297 g/mol. The molecule has 1 aliphatic rings. The van der Waals surface area contributed by atoms with Crippen LogP contribution in [0.5, 0.6) is 0 Å². The van der Waals surface area contributed by atoms with Gasteiger partial charge in [0.1, 0.15) is 8.07 Å². The lowest BCUT2D eigenvalue weighted by Crippen LogP contribution is -2.52. The highest BCUT2D eigenvalue weighted by Gasteiger charge is 2.50. The molecule has 0 amide bonds. The van der Waals surface area contributed by atoms with Crippen LogP contribution in [0.3, 0.4) is 0 Å². The van der Waals surface area contributed by atoms with Crippen LogP contribution in [0.2, 0.25) is 19.6 Å². The van der Waals surface area contributed by atoms with Gasteiger partial charge in [-0.1, -0.05) is 40.4 Å². The summed E-state index contributed by atoms with van der Waals surface area (Å²) in [5.74, 6) is 3.65. The fraction of sp³-hybridized carbons (Fsp3) is 0.882. The molecule has 0 spiro atoms. The molecule has 0 aliphatic heterocycles. The standard InChI is InChI=1S/C17H32O2Si/c1-16(2)11-10-15(19)17(3,13-18)14(16)9-7-8-12-20(4,5)6/h14-15,18-19H,7,9-11,13H2,1-6H3/t14-,15+,17-/m0/s1. The van der Waals surface area contributed by atoms with Crippen LogP contribution in [0.1, 0.15) is 46.5 Å². The summed E-state index contributed by atoms with van der Waals surface area (Å²) in [6.45, 7) is 13.4. The maximum atomic E-state index is 10.3. The molecule has 1 rings (SSSR count). The van der Waals surface area contributed by atoms with E-state index in [0.717, 1.165) is 25.7 Å². The quantitative estimate of drug-likeness (QED) is 0.618. The molecule has 0 aromatic heterocycles. The van der Waals surface area contributed by atoms with Crippen LogP contribution in [0.4, 0.5) is 0 Å².